The van der Waals surface area contributed by atoms with Crippen LogP contribution in [0.25, 0.3) is 22.3 Å². The van der Waals surface area contributed by atoms with Crippen LogP contribution in [0.4, 0.5) is 0 Å². The third-order valence-electron chi connectivity index (χ3n) is 5.19. The molecule has 0 saturated heterocycles. The summed E-state index contributed by atoms with van der Waals surface area (Å²) in [4.78, 5) is 23.3. The Labute approximate surface area is 167 Å². The van der Waals surface area contributed by atoms with E-state index in [1.165, 1.54) is 30.4 Å². The van der Waals surface area contributed by atoms with Crippen molar-refractivity contribution in [2.45, 2.75) is 39.0 Å². The Bertz CT molecular complexity index is 930. The highest BCUT2D eigenvalue weighted by Crippen LogP contribution is 2.37. The predicted octanol–water partition coefficient (Wildman–Crippen LogP) is 6.77. The van der Waals surface area contributed by atoms with E-state index < -0.39 is 0 Å². The molecule has 0 aromatic heterocycles. The van der Waals surface area contributed by atoms with Gasteiger partial charge in [0.25, 0.3) is 0 Å². The zero-order valence-electron chi connectivity index (χ0n) is 16.4. The summed E-state index contributed by atoms with van der Waals surface area (Å²) in [7, 11) is 0. The Balaban J connectivity index is 2.11. The number of carbonyl (C=O) groups is 2. The van der Waals surface area contributed by atoms with E-state index in [4.69, 9.17) is 0 Å². The van der Waals surface area contributed by atoms with Crippen LogP contribution in [-0.2, 0) is 6.42 Å². The maximum absolute atomic E-state index is 11.7. The van der Waals surface area contributed by atoms with Gasteiger partial charge < -0.3 is 0 Å². The second-order valence-corrected chi connectivity index (χ2v) is 7.06. The number of unbranched alkanes of at least 4 members (excludes halogenated alkanes) is 3. The van der Waals surface area contributed by atoms with Gasteiger partial charge in [-0.25, -0.2) is 0 Å². The first-order valence-electron chi connectivity index (χ1n) is 10.0. The second kappa shape index (κ2) is 9.80. The normalized spacial score (nSPS) is 10.6. The van der Waals surface area contributed by atoms with Crippen molar-refractivity contribution < 1.29 is 9.59 Å². The lowest BCUT2D eigenvalue weighted by Gasteiger charge is -2.16. The van der Waals surface area contributed by atoms with Gasteiger partial charge in [-0.15, -0.1) is 0 Å². The molecule has 0 aliphatic carbocycles. The number of hydrogen-bond acceptors (Lipinski definition) is 2. The molecule has 0 amide bonds. The zero-order chi connectivity index (χ0) is 19.8. The quantitative estimate of drug-likeness (QED) is 0.308. The van der Waals surface area contributed by atoms with Gasteiger partial charge in [-0.05, 0) is 35.1 Å². The monoisotopic (exact) mass is 370 g/mol. The number of benzene rings is 3. The van der Waals surface area contributed by atoms with Crippen molar-refractivity contribution in [2.75, 3.05) is 0 Å². The van der Waals surface area contributed by atoms with Crippen LogP contribution in [0.1, 0.15) is 58.9 Å². The Morgan fingerprint density at radius 2 is 1.25 bits per heavy atom. The molecule has 0 saturated carbocycles. The van der Waals surface area contributed by atoms with Crippen molar-refractivity contribution in [3.8, 4) is 22.3 Å². The maximum Gasteiger partial charge on any atom is 0.150 e. The molecule has 0 heterocycles. The molecule has 28 heavy (non-hydrogen) atoms. The maximum atomic E-state index is 11.7. The Morgan fingerprint density at radius 3 is 1.89 bits per heavy atom. The SMILES string of the molecule is CCCCCCc1ccccc1-c1ccccc1-c1c(C=O)cccc1C=O. The standard InChI is InChI=1S/C26H26O2/c1-2-3-4-5-11-20-12-6-7-15-23(20)24-16-8-9-17-25(24)26-21(18-27)13-10-14-22(26)19-28/h6-10,12-19H,2-5,11H2,1H3. The summed E-state index contributed by atoms with van der Waals surface area (Å²) in [6.45, 7) is 2.22. The van der Waals surface area contributed by atoms with Gasteiger partial charge in [-0.2, -0.15) is 0 Å². The summed E-state index contributed by atoms with van der Waals surface area (Å²) in [5.41, 5.74) is 6.26. The predicted molar refractivity (Wildman–Crippen MR) is 116 cm³/mol. The molecule has 0 N–H and O–H groups in total. The molecular formula is C26H26O2. The summed E-state index contributed by atoms with van der Waals surface area (Å²) in [6, 6.07) is 21.8. The van der Waals surface area contributed by atoms with Crippen LogP contribution in [-0.4, -0.2) is 12.6 Å². The van der Waals surface area contributed by atoms with Gasteiger partial charge >= 0.3 is 0 Å². The van der Waals surface area contributed by atoms with E-state index >= 15 is 0 Å². The Morgan fingerprint density at radius 1 is 0.643 bits per heavy atom. The number of aryl methyl sites for hydroxylation is 1. The molecule has 0 fully saturated rings. The van der Waals surface area contributed by atoms with Crippen LogP contribution in [0.5, 0.6) is 0 Å². The van der Waals surface area contributed by atoms with Gasteiger partial charge in [-0.1, -0.05) is 92.9 Å². The molecule has 2 nitrogen and oxygen atoms in total. The van der Waals surface area contributed by atoms with Gasteiger partial charge in [0.05, 0.1) is 0 Å². The van der Waals surface area contributed by atoms with Crippen LogP contribution in [0, 0.1) is 0 Å². The van der Waals surface area contributed by atoms with Gasteiger partial charge in [0.2, 0.25) is 0 Å². The van der Waals surface area contributed by atoms with Gasteiger partial charge in [0.1, 0.15) is 0 Å². The van der Waals surface area contributed by atoms with E-state index in [9.17, 15) is 9.59 Å². The Hall–Kier alpha value is -3.00. The third-order valence-corrected chi connectivity index (χ3v) is 5.19. The lowest BCUT2D eigenvalue weighted by Crippen LogP contribution is -1.98. The molecule has 0 radical (unpaired) electrons. The van der Waals surface area contributed by atoms with Gasteiger partial charge in [-0.3, -0.25) is 9.59 Å². The minimum atomic E-state index is 0.539. The smallest absolute Gasteiger partial charge is 0.150 e. The molecule has 0 aliphatic heterocycles. The minimum Gasteiger partial charge on any atom is -0.298 e. The number of rotatable bonds is 9. The number of hydrogen-bond donors (Lipinski definition) is 0. The summed E-state index contributed by atoms with van der Waals surface area (Å²) >= 11 is 0. The highest BCUT2D eigenvalue weighted by atomic mass is 16.1. The summed E-state index contributed by atoms with van der Waals surface area (Å²) < 4.78 is 0. The topological polar surface area (TPSA) is 34.1 Å². The average molecular weight is 370 g/mol. The largest absolute Gasteiger partial charge is 0.298 e. The fourth-order valence-electron chi connectivity index (χ4n) is 3.78. The van der Waals surface area contributed by atoms with E-state index in [2.05, 4.69) is 31.2 Å². The van der Waals surface area contributed by atoms with Crippen LogP contribution in [0.2, 0.25) is 0 Å². The van der Waals surface area contributed by atoms with Crippen LogP contribution in [0.15, 0.2) is 66.7 Å². The first-order valence-corrected chi connectivity index (χ1v) is 10.0. The summed E-state index contributed by atoms with van der Waals surface area (Å²) in [5, 5.41) is 0. The lowest BCUT2D eigenvalue weighted by molar-refractivity contribution is 0.112. The average Bonchev–Trinajstić information content (AvgIpc) is 2.76. The molecule has 0 unspecified atom stereocenters. The number of aldehydes is 2. The molecule has 3 aromatic rings. The third kappa shape index (κ3) is 4.28. The summed E-state index contributed by atoms with van der Waals surface area (Å²) in [6.07, 6.45) is 7.56. The first kappa shape index (κ1) is 19.8. The minimum absolute atomic E-state index is 0.539. The number of carbonyl (C=O) groups excluding carboxylic acids is 2. The van der Waals surface area contributed by atoms with Crippen molar-refractivity contribution in [1.82, 2.24) is 0 Å². The van der Waals surface area contributed by atoms with Crippen LogP contribution >= 0.6 is 0 Å². The molecule has 0 aliphatic rings. The molecule has 3 aromatic carbocycles. The molecule has 0 atom stereocenters. The van der Waals surface area contributed by atoms with Crippen molar-refractivity contribution >= 4 is 12.6 Å². The van der Waals surface area contributed by atoms with E-state index in [1.54, 1.807) is 18.2 Å². The van der Waals surface area contributed by atoms with E-state index in [0.717, 1.165) is 36.5 Å². The fourth-order valence-corrected chi connectivity index (χ4v) is 3.78. The first-order chi connectivity index (χ1) is 13.8. The highest BCUT2D eigenvalue weighted by molar-refractivity contribution is 6.00. The molecule has 0 bridgehead atoms. The summed E-state index contributed by atoms with van der Waals surface area (Å²) in [5.74, 6) is 0. The fraction of sp³-hybridized carbons (Fsp3) is 0.231. The highest BCUT2D eigenvalue weighted by Gasteiger charge is 2.16. The molecule has 3 rings (SSSR count). The zero-order valence-corrected chi connectivity index (χ0v) is 16.4. The lowest BCUT2D eigenvalue weighted by atomic mass is 9.87. The molecule has 2 heteroatoms. The molecule has 142 valence electrons. The van der Waals surface area contributed by atoms with Crippen molar-refractivity contribution in [3.05, 3.63) is 83.4 Å². The van der Waals surface area contributed by atoms with E-state index in [1.807, 2.05) is 24.3 Å². The van der Waals surface area contributed by atoms with Crippen molar-refractivity contribution in [3.63, 3.8) is 0 Å². The van der Waals surface area contributed by atoms with E-state index in [-0.39, 0.29) is 0 Å². The molecular weight excluding hydrogens is 344 g/mol. The van der Waals surface area contributed by atoms with E-state index in [0.29, 0.717) is 16.7 Å². The second-order valence-electron chi connectivity index (χ2n) is 7.06. The van der Waals surface area contributed by atoms with Gasteiger partial charge in [0, 0.05) is 16.7 Å². The molecule has 0 spiro atoms. The van der Waals surface area contributed by atoms with Crippen LogP contribution < -0.4 is 0 Å². The van der Waals surface area contributed by atoms with Crippen molar-refractivity contribution in [2.24, 2.45) is 0 Å². The Kier molecular flexibility index (Phi) is 6.91. The van der Waals surface area contributed by atoms with Gasteiger partial charge in [0.15, 0.2) is 12.6 Å². The van der Waals surface area contributed by atoms with Crippen LogP contribution in [0.3, 0.4) is 0 Å². The van der Waals surface area contributed by atoms with Crippen molar-refractivity contribution in [1.29, 1.82) is 0 Å².